The molecule has 84 valence electrons. The first kappa shape index (κ1) is 12.0. The molecule has 0 aromatic heterocycles. The molecule has 4 N–H and O–H groups in total. The predicted molar refractivity (Wildman–Crippen MR) is 63.8 cm³/mol. The summed E-state index contributed by atoms with van der Waals surface area (Å²) in [6.45, 7) is 4.67. The van der Waals surface area contributed by atoms with Crippen molar-refractivity contribution in [1.82, 2.24) is 0 Å². The Kier molecular flexibility index (Phi) is 4.12. The van der Waals surface area contributed by atoms with Crippen molar-refractivity contribution in [3.8, 4) is 0 Å². The molecular weight excluding hydrogens is 188 g/mol. The highest BCUT2D eigenvalue weighted by atomic mass is 16.3. The number of hydrogen-bond donors (Lipinski definition) is 3. The zero-order chi connectivity index (χ0) is 11.3. The Hall–Kier alpha value is -1.06. The maximum absolute atomic E-state index is 9.22. The van der Waals surface area contributed by atoms with Gasteiger partial charge in [-0.15, -0.1) is 0 Å². The SMILES string of the molecule is CC(C)(Nc1ccccc1)[C@@H](CN)CO. The van der Waals surface area contributed by atoms with Gasteiger partial charge in [0.1, 0.15) is 0 Å². The molecule has 0 heterocycles. The Bertz CT molecular complexity index is 281. The van der Waals surface area contributed by atoms with E-state index in [1.54, 1.807) is 0 Å². The van der Waals surface area contributed by atoms with Gasteiger partial charge in [0.25, 0.3) is 0 Å². The van der Waals surface area contributed by atoms with Crippen LogP contribution in [0.3, 0.4) is 0 Å². The lowest BCUT2D eigenvalue weighted by molar-refractivity contribution is 0.185. The highest BCUT2D eigenvalue weighted by Crippen LogP contribution is 2.21. The van der Waals surface area contributed by atoms with Gasteiger partial charge < -0.3 is 16.2 Å². The van der Waals surface area contributed by atoms with Gasteiger partial charge in [0.15, 0.2) is 0 Å². The first-order chi connectivity index (χ1) is 7.10. The fourth-order valence-corrected chi connectivity index (χ4v) is 1.59. The van der Waals surface area contributed by atoms with E-state index in [9.17, 15) is 5.11 Å². The molecule has 0 aliphatic rings. The van der Waals surface area contributed by atoms with E-state index in [1.807, 2.05) is 44.2 Å². The molecule has 0 bridgehead atoms. The Labute approximate surface area is 91.3 Å². The van der Waals surface area contributed by atoms with Crippen LogP contribution in [-0.4, -0.2) is 23.8 Å². The molecule has 1 aromatic carbocycles. The average Bonchev–Trinajstić information content (AvgIpc) is 2.19. The minimum atomic E-state index is -0.204. The first-order valence-corrected chi connectivity index (χ1v) is 5.24. The van der Waals surface area contributed by atoms with E-state index in [1.165, 1.54) is 0 Å². The summed E-state index contributed by atoms with van der Waals surface area (Å²) in [5, 5.41) is 12.6. The Morgan fingerprint density at radius 1 is 1.33 bits per heavy atom. The number of anilines is 1. The number of rotatable bonds is 5. The molecule has 15 heavy (non-hydrogen) atoms. The maximum Gasteiger partial charge on any atom is 0.0493 e. The van der Waals surface area contributed by atoms with Gasteiger partial charge in [0, 0.05) is 23.8 Å². The van der Waals surface area contributed by atoms with E-state index >= 15 is 0 Å². The minimum Gasteiger partial charge on any atom is -0.396 e. The molecular formula is C12H20N2O. The Morgan fingerprint density at radius 2 is 1.93 bits per heavy atom. The number of aliphatic hydroxyl groups excluding tert-OH is 1. The lowest BCUT2D eigenvalue weighted by Crippen LogP contribution is -2.45. The van der Waals surface area contributed by atoms with Crippen LogP contribution in [-0.2, 0) is 0 Å². The van der Waals surface area contributed by atoms with Gasteiger partial charge in [-0.3, -0.25) is 0 Å². The summed E-state index contributed by atoms with van der Waals surface area (Å²) in [6.07, 6.45) is 0. The van der Waals surface area contributed by atoms with Gasteiger partial charge in [-0.25, -0.2) is 0 Å². The third-order valence-corrected chi connectivity index (χ3v) is 2.77. The van der Waals surface area contributed by atoms with Crippen molar-refractivity contribution in [2.75, 3.05) is 18.5 Å². The van der Waals surface area contributed by atoms with Crippen molar-refractivity contribution >= 4 is 5.69 Å². The second-order valence-corrected chi connectivity index (χ2v) is 4.33. The molecule has 0 amide bonds. The summed E-state index contributed by atoms with van der Waals surface area (Å²) >= 11 is 0. The molecule has 3 heteroatoms. The van der Waals surface area contributed by atoms with Gasteiger partial charge in [-0.05, 0) is 32.5 Å². The third kappa shape index (κ3) is 3.22. The lowest BCUT2D eigenvalue weighted by atomic mass is 9.88. The summed E-state index contributed by atoms with van der Waals surface area (Å²) in [5.41, 5.74) is 6.47. The molecule has 0 unspecified atom stereocenters. The molecule has 3 nitrogen and oxygen atoms in total. The molecule has 0 aliphatic heterocycles. The smallest absolute Gasteiger partial charge is 0.0493 e. The third-order valence-electron chi connectivity index (χ3n) is 2.77. The maximum atomic E-state index is 9.22. The van der Waals surface area contributed by atoms with E-state index in [4.69, 9.17) is 5.73 Å². The second kappa shape index (κ2) is 5.14. The number of aliphatic hydroxyl groups is 1. The van der Waals surface area contributed by atoms with Crippen LogP contribution in [0.2, 0.25) is 0 Å². The fourth-order valence-electron chi connectivity index (χ4n) is 1.59. The summed E-state index contributed by atoms with van der Waals surface area (Å²) in [4.78, 5) is 0. The molecule has 1 atom stereocenters. The minimum absolute atomic E-state index is 0.0534. The van der Waals surface area contributed by atoms with Crippen LogP contribution in [0.1, 0.15) is 13.8 Å². The molecule has 0 saturated heterocycles. The van der Waals surface area contributed by atoms with Crippen LogP contribution in [0, 0.1) is 5.92 Å². The summed E-state index contributed by atoms with van der Waals surface area (Å²) in [5.74, 6) is 0.0534. The zero-order valence-corrected chi connectivity index (χ0v) is 9.40. The average molecular weight is 208 g/mol. The monoisotopic (exact) mass is 208 g/mol. The molecule has 0 aliphatic carbocycles. The highest BCUT2D eigenvalue weighted by Gasteiger charge is 2.27. The summed E-state index contributed by atoms with van der Waals surface area (Å²) < 4.78 is 0. The van der Waals surface area contributed by atoms with E-state index in [0.717, 1.165) is 5.69 Å². The van der Waals surface area contributed by atoms with Crippen LogP contribution in [0.4, 0.5) is 5.69 Å². The Balaban J connectivity index is 2.71. The summed E-state index contributed by atoms with van der Waals surface area (Å²) in [7, 11) is 0. The molecule has 0 fully saturated rings. The van der Waals surface area contributed by atoms with Crippen LogP contribution in [0.5, 0.6) is 0 Å². The van der Waals surface area contributed by atoms with Crippen molar-refractivity contribution in [1.29, 1.82) is 0 Å². The standard InChI is InChI=1S/C12H20N2O/c1-12(2,10(8-13)9-15)14-11-6-4-3-5-7-11/h3-7,10,14-15H,8-9,13H2,1-2H3/t10-/m0/s1. The normalized spacial score (nSPS) is 13.6. The lowest BCUT2D eigenvalue weighted by Gasteiger charge is -2.34. The topological polar surface area (TPSA) is 58.3 Å². The van der Waals surface area contributed by atoms with Crippen molar-refractivity contribution in [2.24, 2.45) is 11.7 Å². The molecule has 0 spiro atoms. The number of benzene rings is 1. The summed E-state index contributed by atoms with van der Waals surface area (Å²) in [6, 6.07) is 9.95. The second-order valence-electron chi connectivity index (χ2n) is 4.33. The van der Waals surface area contributed by atoms with Crippen LogP contribution in [0.15, 0.2) is 30.3 Å². The molecule has 1 rings (SSSR count). The number of nitrogens with two attached hydrogens (primary N) is 1. The van der Waals surface area contributed by atoms with E-state index in [-0.39, 0.29) is 18.1 Å². The van der Waals surface area contributed by atoms with Crippen LogP contribution < -0.4 is 11.1 Å². The molecule has 1 aromatic rings. The first-order valence-electron chi connectivity index (χ1n) is 5.24. The number of hydrogen-bond acceptors (Lipinski definition) is 3. The quantitative estimate of drug-likeness (QED) is 0.686. The van der Waals surface area contributed by atoms with Gasteiger partial charge >= 0.3 is 0 Å². The van der Waals surface area contributed by atoms with Gasteiger partial charge in [0.2, 0.25) is 0 Å². The van der Waals surface area contributed by atoms with Crippen molar-refractivity contribution in [3.63, 3.8) is 0 Å². The highest BCUT2D eigenvalue weighted by molar-refractivity contribution is 5.44. The number of para-hydroxylation sites is 1. The van der Waals surface area contributed by atoms with E-state index < -0.39 is 0 Å². The predicted octanol–water partition coefficient (Wildman–Crippen LogP) is 1.44. The van der Waals surface area contributed by atoms with Crippen molar-refractivity contribution in [2.45, 2.75) is 19.4 Å². The van der Waals surface area contributed by atoms with E-state index in [0.29, 0.717) is 6.54 Å². The fraction of sp³-hybridized carbons (Fsp3) is 0.500. The molecule has 0 saturated carbocycles. The number of nitrogens with one attached hydrogen (secondary N) is 1. The van der Waals surface area contributed by atoms with Gasteiger partial charge in [-0.1, -0.05) is 18.2 Å². The largest absolute Gasteiger partial charge is 0.396 e. The van der Waals surface area contributed by atoms with Crippen LogP contribution in [0.25, 0.3) is 0 Å². The zero-order valence-electron chi connectivity index (χ0n) is 9.40. The Morgan fingerprint density at radius 3 is 2.40 bits per heavy atom. The van der Waals surface area contributed by atoms with Crippen molar-refractivity contribution < 1.29 is 5.11 Å². The van der Waals surface area contributed by atoms with Gasteiger partial charge in [-0.2, -0.15) is 0 Å². The molecule has 0 radical (unpaired) electrons. The van der Waals surface area contributed by atoms with Gasteiger partial charge in [0.05, 0.1) is 0 Å². The van der Waals surface area contributed by atoms with E-state index in [2.05, 4.69) is 5.32 Å². The van der Waals surface area contributed by atoms with Crippen LogP contribution >= 0.6 is 0 Å². The van der Waals surface area contributed by atoms with Crippen molar-refractivity contribution in [3.05, 3.63) is 30.3 Å².